The molecule has 0 aliphatic rings. The van der Waals surface area contributed by atoms with Crippen LogP contribution in [0.3, 0.4) is 0 Å². The quantitative estimate of drug-likeness (QED) is 0.292. The first-order valence-corrected chi connectivity index (χ1v) is 7.94. The Labute approximate surface area is 150 Å². The molecule has 7 heteroatoms. The van der Waals surface area contributed by atoms with Crippen molar-refractivity contribution >= 4 is 12.0 Å². The fourth-order valence-corrected chi connectivity index (χ4v) is 2.55. The largest absolute Gasteiger partial charge is 0.434 e. The number of aryl methyl sites for hydroxylation is 1. The number of alkyl halides is 2. The summed E-state index contributed by atoms with van der Waals surface area (Å²) in [6, 6.07) is 7.96. The van der Waals surface area contributed by atoms with Crippen LogP contribution in [0, 0.1) is 13.8 Å². The van der Waals surface area contributed by atoms with E-state index >= 15 is 0 Å². The second-order valence-electron chi connectivity index (χ2n) is 5.53. The number of ether oxygens (including phenoxy) is 1. The number of hydrogen-bond acceptors (Lipinski definition) is 4. The van der Waals surface area contributed by atoms with Crippen LogP contribution >= 0.6 is 0 Å². The Morgan fingerprint density at radius 3 is 2.77 bits per heavy atom. The molecule has 0 fully saturated rings. The lowest BCUT2D eigenvalue weighted by atomic mass is 10.2. The van der Waals surface area contributed by atoms with E-state index in [2.05, 4.69) is 16.5 Å². The standard InChI is InChI=1S/C19H20F2N2O3/c1-4-9-23-13(2)10-16(14(23)3)17(24)12-25-22-11-15-7-5-6-8-18(15)26-19(20)21/h4-8,10-11,19H,1,9,12H2,2-3H3/b22-11+. The smallest absolute Gasteiger partial charge is 0.387 e. The van der Waals surface area contributed by atoms with E-state index in [1.54, 1.807) is 30.3 Å². The van der Waals surface area contributed by atoms with E-state index in [0.29, 0.717) is 17.7 Å². The van der Waals surface area contributed by atoms with E-state index in [4.69, 9.17) is 4.84 Å². The zero-order valence-corrected chi connectivity index (χ0v) is 14.6. The van der Waals surface area contributed by atoms with Crippen molar-refractivity contribution in [3.8, 4) is 5.75 Å². The molecule has 1 aromatic carbocycles. The fraction of sp³-hybridized carbons (Fsp3) is 0.263. The monoisotopic (exact) mass is 362 g/mol. The molecule has 1 aromatic heterocycles. The molecule has 0 unspecified atom stereocenters. The first kappa shape index (κ1) is 19.4. The highest BCUT2D eigenvalue weighted by molar-refractivity contribution is 5.98. The van der Waals surface area contributed by atoms with Gasteiger partial charge in [0.25, 0.3) is 0 Å². The number of oxime groups is 1. The number of carbonyl (C=O) groups excluding carboxylic acids is 1. The highest BCUT2D eigenvalue weighted by Crippen LogP contribution is 2.19. The number of halogens is 2. The predicted octanol–water partition coefficient (Wildman–Crippen LogP) is 4.13. The summed E-state index contributed by atoms with van der Waals surface area (Å²) >= 11 is 0. The third-order valence-corrected chi connectivity index (χ3v) is 3.78. The molecule has 26 heavy (non-hydrogen) atoms. The van der Waals surface area contributed by atoms with Crippen LogP contribution in [-0.2, 0) is 11.4 Å². The molecule has 0 radical (unpaired) electrons. The molecular weight excluding hydrogens is 342 g/mol. The molecule has 0 atom stereocenters. The van der Waals surface area contributed by atoms with Gasteiger partial charge in [0, 0.05) is 29.1 Å². The number of aromatic nitrogens is 1. The van der Waals surface area contributed by atoms with Gasteiger partial charge < -0.3 is 14.1 Å². The summed E-state index contributed by atoms with van der Waals surface area (Å²) in [7, 11) is 0. The van der Waals surface area contributed by atoms with Gasteiger partial charge in [-0.1, -0.05) is 23.4 Å². The van der Waals surface area contributed by atoms with E-state index in [0.717, 1.165) is 11.4 Å². The lowest BCUT2D eigenvalue weighted by Crippen LogP contribution is -2.09. The number of nitrogens with zero attached hydrogens (tertiary/aromatic N) is 2. The Balaban J connectivity index is 2.00. The molecule has 0 saturated heterocycles. The van der Waals surface area contributed by atoms with Crippen molar-refractivity contribution in [1.29, 1.82) is 0 Å². The molecule has 5 nitrogen and oxygen atoms in total. The average molecular weight is 362 g/mol. The third kappa shape index (κ3) is 4.78. The summed E-state index contributed by atoms with van der Waals surface area (Å²) in [5.41, 5.74) is 2.66. The van der Waals surface area contributed by atoms with Crippen molar-refractivity contribution in [3.05, 3.63) is 65.5 Å². The van der Waals surface area contributed by atoms with Gasteiger partial charge in [0.2, 0.25) is 5.78 Å². The minimum Gasteiger partial charge on any atom is -0.434 e. The van der Waals surface area contributed by atoms with Gasteiger partial charge in [-0.05, 0) is 32.0 Å². The maximum absolute atomic E-state index is 12.4. The van der Waals surface area contributed by atoms with Crippen molar-refractivity contribution in [2.24, 2.45) is 5.16 Å². The normalized spacial score (nSPS) is 11.1. The Bertz CT molecular complexity index is 813. The van der Waals surface area contributed by atoms with Gasteiger partial charge in [-0.3, -0.25) is 4.79 Å². The number of allylic oxidation sites excluding steroid dienone is 1. The van der Waals surface area contributed by atoms with Gasteiger partial charge in [-0.25, -0.2) is 0 Å². The second kappa shape index (κ2) is 8.94. The SMILES string of the molecule is C=CCn1c(C)cc(C(=O)CO/N=C/c2ccccc2OC(F)F)c1C. The Morgan fingerprint density at radius 1 is 1.35 bits per heavy atom. The van der Waals surface area contributed by atoms with E-state index in [1.807, 2.05) is 18.4 Å². The van der Waals surface area contributed by atoms with Gasteiger partial charge in [-0.15, -0.1) is 6.58 Å². The average Bonchev–Trinajstić information content (AvgIpc) is 2.88. The van der Waals surface area contributed by atoms with Crippen LogP contribution in [-0.4, -0.2) is 29.8 Å². The van der Waals surface area contributed by atoms with Crippen LogP contribution in [0.5, 0.6) is 5.75 Å². The van der Waals surface area contributed by atoms with Gasteiger partial charge in [0.15, 0.2) is 6.61 Å². The predicted molar refractivity (Wildman–Crippen MR) is 95.1 cm³/mol. The molecule has 2 rings (SSSR count). The third-order valence-electron chi connectivity index (χ3n) is 3.78. The van der Waals surface area contributed by atoms with Gasteiger partial charge in [0.1, 0.15) is 5.75 Å². The molecular formula is C19H20F2N2O3. The zero-order valence-electron chi connectivity index (χ0n) is 14.6. The minimum atomic E-state index is -2.93. The van der Waals surface area contributed by atoms with Crippen LogP contribution in [0.15, 0.2) is 48.1 Å². The van der Waals surface area contributed by atoms with Crippen LogP contribution in [0.2, 0.25) is 0 Å². The lowest BCUT2D eigenvalue weighted by molar-refractivity contribution is -0.0499. The highest BCUT2D eigenvalue weighted by atomic mass is 19.3. The van der Waals surface area contributed by atoms with Crippen molar-refractivity contribution in [2.75, 3.05) is 6.61 Å². The van der Waals surface area contributed by atoms with Crippen molar-refractivity contribution in [3.63, 3.8) is 0 Å². The summed E-state index contributed by atoms with van der Waals surface area (Å²) < 4.78 is 31.1. The second-order valence-corrected chi connectivity index (χ2v) is 5.53. The molecule has 0 spiro atoms. The topological polar surface area (TPSA) is 52.8 Å². The van der Waals surface area contributed by atoms with Crippen LogP contribution in [0.4, 0.5) is 8.78 Å². The molecule has 0 N–H and O–H groups in total. The fourth-order valence-electron chi connectivity index (χ4n) is 2.55. The molecule has 0 amide bonds. The maximum atomic E-state index is 12.4. The molecule has 0 saturated carbocycles. The Morgan fingerprint density at radius 2 is 2.08 bits per heavy atom. The summed E-state index contributed by atoms with van der Waals surface area (Å²) in [4.78, 5) is 17.3. The molecule has 0 bridgehead atoms. The summed E-state index contributed by atoms with van der Waals surface area (Å²) in [6.07, 6.45) is 2.99. The van der Waals surface area contributed by atoms with Crippen molar-refractivity contribution in [2.45, 2.75) is 27.0 Å². The number of rotatable bonds is 9. The first-order valence-electron chi connectivity index (χ1n) is 7.94. The first-order chi connectivity index (χ1) is 12.4. The molecule has 138 valence electrons. The van der Waals surface area contributed by atoms with E-state index < -0.39 is 6.61 Å². The van der Waals surface area contributed by atoms with E-state index in [-0.39, 0.29) is 18.1 Å². The number of hydrogen-bond donors (Lipinski definition) is 0. The van der Waals surface area contributed by atoms with Gasteiger partial charge in [-0.2, -0.15) is 8.78 Å². The Hall–Kier alpha value is -2.96. The molecule has 0 aliphatic heterocycles. The van der Waals surface area contributed by atoms with Crippen molar-refractivity contribution in [1.82, 2.24) is 4.57 Å². The molecule has 2 aromatic rings. The summed E-state index contributed by atoms with van der Waals surface area (Å²) in [5.74, 6) is -0.239. The van der Waals surface area contributed by atoms with Crippen LogP contribution in [0.25, 0.3) is 0 Å². The van der Waals surface area contributed by atoms with Crippen LogP contribution in [0.1, 0.15) is 27.3 Å². The van der Waals surface area contributed by atoms with Crippen LogP contribution < -0.4 is 4.74 Å². The van der Waals surface area contributed by atoms with Gasteiger partial charge >= 0.3 is 6.61 Å². The lowest BCUT2D eigenvalue weighted by Gasteiger charge is -2.07. The zero-order chi connectivity index (χ0) is 19.1. The maximum Gasteiger partial charge on any atom is 0.387 e. The number of carbonyl (C=O) groups is 1. The van der Waals surface area contributed by atoms with E-state index in [1.165, 1.54) is 12.3 Å². The molecule has 0 aliphatic carbocycles. The Kier molecular flexibility index (Phi) is 6.66. The summed E-state index contributed by atoms with van der Waals surface area (Å²) in [5, 5.41) is 3.68. The molecule has 1 heterocycles. The number of benzene rings is 1. The summed E-state index contributed by atoms with van der Waals surface area (Å²) in [6.45, 7) is 4.89. The number of Topliss-reactive ketones (excluding diaryl/α,β-unsaturated/α-hetero) is 1. The van der Waals surface area contributed by atoms with Crippen molar-refractivity contribution < 1.29 is 23.1 Å². The minimum absolute atomic E-state index is 0.0193. The highest BCUT2D eigenvalue weighted by Gasteiger charge is 2.15. The number of para-hydroxylation sites is 1. The number of ketones is 1. The van der Waals surface area contributed by atoms with E-state index in [9.17, 15) is 13.6 Å². The van der Waals surface area contributed by atoms with Gasteiger partial charge in [0.05, 0.1) is 6.21 Å².